The van der Waals surface area contributed by atoms with Crippen molar-refractivity contribution in [1.29, 1.82) is 0 Å². The molecule has 3 N–H and O–H groups in total. The van der Waals surface area contributed by atoms with Gasteiger partial charge in [0.1, 0.15) is 17.6 Å². The van der Waals surface area contributed by atoms with E-state index in [1.54, 1.807) is 4.68 Å². The molecule has 80 valence electrons. The normalized spacial score (nSPS) is 13.0. The zero-order chi connectivity index (χ0) is 10.8. The Balaban J connectivity index is 2.32. The Labute approximate surface area is 87.8 Å². The fourth-order valence-electron chi connectivity index (χ4n) is 1.51. The molecular formula is C10H14N4O. The van der Waals surface area contributed by atoms with Gasteiger partial charge in [0.05, 0.1) is 5.69 Å². The van der Waals surface area contributed by atoms with E-state index in [9.17, 15) is 0 Å². The van der Waals surface area contributed by atoms with E-state index >= 15 is 0 Å². The van der Waals surface area contributed by atoms with Crippen molar-refractivity contribution in [2.45, 2.75) is 13.0 Å². The molecule has 0 amide bonds. The number of aryl methyl sites for hydroxylation is 2. The smallest absolute Gasteiger partial charge is 0.128 e. The van der Waals surface area contributed by atoms with Crippen LogP contribution >= 0.6 is 0 Å². The molecule has 0 bridgehead atoms. The van der Waals surface area contributed by atoms with Gasteiger partial charge in [-0.25, -0.2) is 5.43 Å². The summed E-state index contributed by atoms with van der Waals surface area (Å²) in [6.45, 7) is 1.90. The highest BCUT2D eigenvalue weighted by Crippen LogP contribution is 2.21. The Hall–Kier alpha value is -1.59. The predicted molar refractivity (Wildman–Crippen MR) is 55.8 cm³/mol. The van der Waals surface area contributed by atoms with Crippen molar-refractivity contribution in [2.24, 2.45) is 12.9 Å². The van der Waals surface area contributed by atoms with Crippen LogP contribution in [0.2, 0.25) is 0 Å². The predicted octanol–water partition coefficient (Wildman–Crippen LogP) is 0.874. The molecule has 5 heteroatoms. The third-order valence-electron chi connectivity index (χ3n) is 2.24. The third kappa shape index (κ3) is 1.93. The van der Waals surface area contributed by atoms with Gasteiger partial charge in [-0.05, 0) is 25.1 Å². The van der Waals surface area contributed by atoms with E-state index in [0.717, 1.165) is 17.2 Å². The Morgan fingerprint density at radius 2 is 2.27 bits per heavy atom. The Kier molecular flexibility index (Phi) is 2.57. The largest absolute Gasteiger partial charge is 0.464 e. The maximum absolute atomic E-state index is 5.51. The summed E-state index contributed by atoms with van der Waals surface area (Å²) in [6.07, 6.45) is 1.87. The monoisotopic (exact) mass is 206 g/mol. The average Bonchev–Trinajstić information content (AvgIpc) is 2.78. The summed E-state index contributed by atoms with van der Waals surface area (Å²) in [5, 5.41) is 4.28. The molecule has 2 aromatic heterocycles. The minimum atomic E-state index is -0.195. The third-order valence-corrected chi connectivity index (χ3v) is 2.24. The van der Waals surface area contributed by atoms with Gasteiger partial charge in [0.15, 0.2) is 0 Å². The zero-order valence-electron chi connectivity index (χ0n) is 8.77. The fourth-order valence-corrected chi connectivity index (χ4v) is 1.51. The summed E-state index contributed by atoms with van der Waals surface area (Å²) in [4.78, 5) is 0. The molecule has 0 saturated heterocycles. The van der Waals surface area contributed by atoms with Crippen LogP contribution in [-0.4, -0.2) is 9.78 Å². The van der Waals surface area contributed by atoms with Crippen LogP contribution in [0.5, 0.6) is 0 Å². The minimum Gasteiger partial charge on any atom is -0.464 e. The van der Waals surface area contributed by atoms with Crippen molar-refractivity contribution in [3.63, 3.8) is 0 Å². The van der Waals surface area contributed by atoms with Crippen LogP contribution in [-0.2, 0) is 7.05 Å². The summed E-state index contributed by atoms with van der Waals surface area (Å²) < 4.78 is 7.24. The highest BCUT2D eigenvalue weighted by Gasteiger charge is 2.18. The Morgan fingerprint density at radius 3 is 2.73 bits per heavy atom. The Bertz CT molecular complexity index is 405. The molecule has 1 atom stereocenters. The van der Waals surface area contributed by atoms with Crippen molar-refractivity contribution in [3.05, 3.63) is 41.6 Å². The van der Waals surface area contributed by atoms with Crippen LogP contribution < -0.4 is 11.3 Å². The molecule has 2 heterocycles. The van der Waals surface area contributed by atoms with E-state index in [1.165, 1.54) is 0 Å². The van der Waals surface area contributed by atoms with E-state index < -0.39 is 0 Å². The van der Waals surface area contributed by atoms with Crippen molar-refractivity contribution in [2.75, 3.05) is 0 Å². The van der Waals surface area contributed by atoms with Gasteiger partial charge in [0, 0.05) is 13.2 Å². The molecule has 0 saturated carbocycles. The lowest BCUT2D eigenvalue weighted by Crippen LogP contribution is -2.28. The van der Waals surface area contributed by atoms with Gasteiger partial charge in [-0.2, -0.15) is 5.10 Å². The molecular weight excluding hydrogens is 192 g/mol. The molecule has 2 aromatic rings. The van der Waals surface area contributed by atoms with Gasteiger partial charge in [0.25, 0.3) is 0 Å². The van der Waals surface area contributed by atoms with Crippen LogP contribution in [0.25, 0.3) is 0 Å². The number of nitrogens with one attached hydrogen (secondary N) is 1. The summed E-state index contributed by atoms with van der Waals surface area (Å²) in [5.74, 6) is 7.13. The summed E-state index contributed by atoms with van der Waals surface area (Å²) in [5.41, 5.74) is 3.53. The van der Waals surface area contributed by atoms with E-state index in [0.29, 0.717) is 0 Å². The van der Waals surface area contributed by atoms with Gasteiger partial charge in [-0.15, -0.1) is 0 Å². The van der Waals surface area contributed by atoms with Crippen molar-refractivity contribution in [1.82, 2.24) is 15.2 Å². The maximum atomic E-state index is 5.51. The Morgan fingerprint density at radius 1 is 1.47 bits per heavy atom. The first kappa shape index (κ1) is 9.95. The maximum Gasteiger partial charge on any atom is 0.128 e. The first-order chi connectivity index (χ1) is 7.20. The number of hydrazine groups is 1. The fraction of sp³-hybridized carbons (Fsp3) is 0.300. The van der Waals surface area contributed by atoms with Crippen molar-refractivity contribution < 1.29 is 4.42 Å². The first-order valence-corrected chi connectivity index (χ1v) is 4.72. The molecule has 0 fully saturated rings. The lowest BCUT2D eigenvalue weighted by molar-refractivity contribution is 0.429. The van der Waals surface area contributed by atoms with Gasteiger partial charge in [-0.3, -0.25) is 10.5 Å². The van der Waals surface area contributed by atoms with Gasteiger partial charge in [0.2, 0.25) is 0 Å². The number of aromatic nitrogens is 2. The highest BCUT2D eigenvalue weighted by atomic mass is 16.3. The topological polar surface area (TPSA) is 69.0 Å². The number of rotatable bonds is 3. The lowest BCUT2D eigenvalue weighted by Gasteiger charge is -2.09. The van der Waals surface area contributed by atoms with Crippen molar-refractivity contribution in [3.8, 4) is 0 Å². The summed E-state index contributed by atoms with van der Waals surface area (Å²) in [7, 11) is 1.87. The molecule has 0 radical (unpaired) electrons. The van der Waals surface area contributed by atoms with Gasteiger partial charge < -0.3 is 4.42 Å². The number of furan rings is 1. The lowest BCUT2D eigenvalue weighted by atomic mass is 10.2. The average molecular weight is 206 g/mol. The molecule has 5 nitrogen and oxygen atoms in total. The minimum absolute atomic E-state index is 0.195. The van der Waals surface area contributed by atoms with Crippen LogP contribution in [0.15, 0.2) is 28.8 Å². The molecule has 2 rings (SSSR count). The van der Waals surface area contributed by atoms with Crippen LogP contribution in [0.1, 0.15) is 23.3 Å². The zero-order valence-corrected chi connectivity index (χ0v) is 8.77. The van der Waals surface area contributed by atoms with Crippen molar-refractivity contribution >= 4 is 0 Å². The highest BCUT2D eigenvalue weighted by molar-refractivity contribution is 5.20. The van der Waals surface area contributed by atoms with E-state index in [1.807, 2.05) is 38.4 Å². The molecule has 15 heavy (non-hydrogen) atoms. The standard InChI is InChI=1S/C10H14N4O/c1-7-3-4-9(15-7)10(12-11)8-5-6-14(2)13-8/h3-6,10,12H,11H2,1-2H3. The molecule has 0 aliphatic carbocycles. The molecule has 0 aliphatic heterocycles. The second-order valence-electron chi connectivity index (χ2n) is 3.46. The second-order valence-corrected chi connectivity index (χ2v) is 3.46. The number of nitrogens with zero attached hydrogens (tertiary/aromatic N) is 2. The summed E-state index contributed by atoms with van der Waals surface area (Å²) >= 11 is 0. The molecule has 1 unspecified atom stereocenters. The molecule has 0 aromatic carbocycles. The van der Waals surface area contributed by atoms with Crippen LogP contribution in [0.4, 0.5) is 0 Å². The SMILES string of the molecule is Cc1ccc(C(NN)c2ccn(C)n2)o1. The molecule has 0 spiro atoms. The first-order valence-electron chi connectivity index (χ1n) is 4.72. The second kappa shape index (κ2) is 3.88. The van der Waals surface area contributed by atoms with Gasteiger partial charge in [-0.1, -0.05) is 0 Å². The summed E-state index contributed by atoms with van der Waals surface area (Å²) in [6, 6.07) is 5.51. The quantitative estimate of drug-likeness (QED) is 0.577. The number of hydrogen-bond donors (Lipinski definition) is 2. The number of nitrogens with two attached hydrogens (primary N) is 1. The van der Waals surface area contributed by atoms with Gasteiger partial charge >= 0.3 is 0 Å². The van der Waals surface area contributed by atoms with Crippen LogP contribution in [0, 0.1) is 6.92 Å². The van der Waals surface area contributed by atoms with E-state index in [4.69, 9.17) is 10.3 Å². The van der Waals surface area contributed by atoms with E-state index in [2.05, 4.69) is 10.5 Å². The number of hydrogen-bond acceptors (Lipinski definition) is 4. The van der Waals surface area contributed by atoms with Crippen LogP contribution in [0.3, 0.4) is 0 Å². The molecule has 0 aliphatic rings. The van der Waals surface area contributed by atoms with E-state index in [-0.39, 0.29) is 6.04 Å².